The topological polar surface area (TPSA) is 51.2 Å². The number of esters is 1. The van der Waals surface area contributed by atoms with Crippen LogP contribution >= 0.6 is 23.1 Å². The summed E-state index contributed by atoms with van der Waals surface area (Å²) >= 11 is 3.47. The fraction of sp³-hybridized carbons (Fsp3) is 0.733. The zero-order valence-electron chi connectivity index (χ0n) is 12.8. The van der Waals surface area contributed by atoms with E-state index in [2.05, 4.69) is 17.2 Å². The maximum Gasteiger partial charge on any atom is 0.326 e. The predicted molar refractivity (Wildman–Crippen MR) is 87.9 cm³/mol. The van der Waals surface area contributed by atoms with Gasteiger partial charge in [-0.15, -0.1) is 11.3 Å². The Bertz CT molecular complexity index is 439. The van der Waals surface area contributed by atoms with E-state index in [1.54, 1.807) is 23.1 Å². The van der Waals surface area contributed by atoms with Gasteiger partial charge in [0, 0.05) is 16.8 Å². The standard InChI is InChI=1S/C15H24N2O2S2/c1-3-8-17-15(13(18)19-4-2)7-5-6-12(11-15)21-14-16-9-10-20-14/h9-10,12,17H,3-8,11H2,1-2H3. The monoisotopic (exact) mass is 328 g/mol. The smallest absolute Gasteiger partial charge is 0.326 e. The first-order chi connectivity index (χ1) is 10.2. The van der Waals surface area contributed by atoms with Crippen molar-refractivity contribution in [3.8, 4) is 0 Å². The first kappa shape index (κ1) is 16.8. The number of carbonyl (C=O) groups excluding carboxylic acids is 1. The van der Waals surface area contributed by atoms with Crippen LogP contribution in [0.15, 0.2) is 15.9 Å². The molecule has 0 amide bonds. The van der Waals surface area contributed by atoms with Crippen molar-refractivity contribution >= 4 is 29.1 Å². The Kier molecular flexibility index (Phi) is 6.51. The minimum Gasteiger partial charge on any atom is -0.465 e. The molecular formula is C15H24N2O2S2. The molecule has 1 saturated carbocycles. The lowest BCUT2D eigenvalue weighted by Gasteiger charge is -2.39. The Morgan fingerprint density at radius 1 is 1.62 bits per heavy atom. The summed E-state index contributed by atoms with van der Waals surface area (Å²) in [5.74, 6) is -0.0807. The van der Waals surface area contributed by atoms with Crippen LogP contribution in [-0.2, 0) is 9.53 Å². The number of nitrogens with zero attached hydrogens (tertiary/aromatic N) is 1. The van der Waals surface area contributed by atoms with E-state index in [9.17, 15) is 4.79 Å². The molecule has 1 N–H and O–H groups in total. The van der Waals surface area contributed by atoms with Gasteiger partial charge in [0.2, 0.25) is 0 Å². The van der Waals surface area contributed by atoms with Crippen molar-refractivity contribution in [1.82, 2.24) is 10.3 Å². The number of hydrogen-bond acceptors (Lipinski definition) is 6. The van der Waals surface area contributed by atoms with E-state index >= 15 is 0 Å². The van der Waals surface area contributed by atoms with E-state index in [0.717, 1.165) is 43.0 Å². The second kappa shape index (κ2) is 8.15. The van der Waals surface area contributed by atoms with Gasteiger partial charge < -0.3 is 10.1 Å². The summed E-state index contributed by atoms with van der Waals surface area (Å²) in [6, 6.07) is 0. The molecule has 1 aromatic rings. The fourth-order valence-corrected chi connectivity index (χ4v) is 5.00. The van der Waals surface area contributed by atoms with Crippen LogP contribution in [0.3, 0.4) is 0 Å². The van der Waals surface area contributed by atoms with Crippen LogP contribution in [0.2, 0.25) is 0 Å². The third-order valence-electron chi connectivity index (χ3n) is 3.76. The van der Waals surface area contributed by atoms with Crippen molar-refractivity contribution < 1.29 is 9.53 Å². The zero-order chi connectivity index (χ0) is 15.1. The SMILES string of the molecule is CCCNC1(C(=O)OCC)CCCC(Sc2nccs2)C1. The molecule has 1 aliphatic carbocycles. The highest BCUT2D eigenvalue weighted by atomic mass is 32.2. The lowest BCUT2D eigenvalue weighted by atomic mass is 9.81. The normalized spacial score (nSPS) is 25.7. The molecule has 4 nitrogen and oxygen atoms in total. The summed E-state index contributed by atoms with van der Waals surface area (Å²) < 4.78 is 6.43. The Morgan fingerprint density at radius 2 is 2.48 bits per heavy atom. The van der Waals surface area contributed by atoms with Crippen LogP contribution in [0.1, 0.15) is 46.0 Å². The van der Waals surface area contributed by atoms with E-state index < -0.39 is 5.54 Å². The van der Waals surface area contributed by atoms with E-state index in [4.69, 9.17) is 4.74 Å². The second-order valence-corrected chi connectivity index (χ2v) is 7.81. The van der Waals surface area contributed by atoms with Gasteiger partial charge in [-0.3, -0.25) is 4.79 Å². The molecule has 2 atom stereocenters. The molecule has 1 aromatic heterocycles. The average molecular weight is 329 g/mol. The highest BCUT2D eigenvalue weighted by molar-refractivity contribution is 8.01. The maximum atomic E-state index is 12.5. The Hall–Kier alpha value is -0.590. The summed E-state index contributed by atoms with van der Waals surface area (Å²) in [4.78, 5) is 16.8. The van der Waals surface area contributed by atoms with E-state index in [1.165, 1.54) is 0 Å². The quantitative estimate of drug-likeness (QED) is 0.777. The highest BCUT2D eigenvalue weighted by Crippen LogP contribution is 2.39. The summed E-state index contributed by atoms with van der Waals surface area (Å²) in [7, 11) is 0. The zero-order valence-corrected chi connectivity index (χ0v) is 14.4. The van der Waals surface area contributed by atoms with Crippen molar-refractivity contribution in [3.05, 3.63) is 11.6 Å². The van der Waals surface area contributed by atoms with Gasteiger partial charge in [-0.1, -0.05) is 18.7 Å². The molecule has 0 aliphatic heterocycles. The Balaban J connectivity index is 2.05. The van der Waals surface area contributed by atoms with Crippen LogP contribution in [0, 0.1) is 0 Å². The van der Waals surface area contributed by atoms with Crippen LogP contribution in [-0.4, -0.2) is 34.9 Å². The number of thiazole rings is 1. The average Bonchev–Trinajstić information content (AvgIpc) is 2.98. The van der Waals surface area contributed by atoms with Crippen LogP contribution in [0.5, 0.6) is 0 Å². The first-order valence-electron chi connectivity index (χ1n) is 7.68. The number of carbonyl (C=O) groups is 1. The molecule has 0 saturated heterocycles. The number of thioether (sulfide) groups is 1. The van der Waals surface area contributed by atoms with Crippen LogP contribution < -0.4 is 5.32 Å². The third-order valence-corrected chi connectivity index (χ3v) is 5.95. The van der Waals surface area contributed by atoms with Gasteiger partial charge in [-0.25, -0.2) is 4.98 Å². The number of nitrogens with one attached hydrogen (secondary N) is 1. The molecular weight excluding hydrogens is 304 g/mol. The van der Waals surface area contributed by atoms with Crippen molar-refractivity contribution in [3.63, 3.8) is 0 Å². The Morgan fingerprint density at radius 3 is 3.14 bits per heavy atom. The van der Waals surface area contributed by atoms with E-state index in [1.807, 2.05) is 18.5 Å². The third kappa shape index (κ3) is 4.44. The van der Waals surface area contributed by atoms with E-state index in [-0.39, 0.29) is 5.97 Å². The lowest BCUT2D eigenvalue weighted by molar-refractivity contribution is -0.152. The van der Waals surface area contributed by atoms with Gasteiger partial charge in [0.1, 0.15) is 9.88 Å². The number of hydrogen-bond donors (Lipinski definition) is 1. The molecule has 1 heterocycles. The largest absolute Gasteiger partial charge is 0.465 e. The number of aromatic nitrogens is 1. The summed E-state index contributed by atoms with van der Waals surface area (Å²) in [5.41, 5.74) is -0.501. The second-order valence-electron chi connectivity index (χ2n) is 5.36. The van der Waals surface area contributed by atoms with Gasteiger partial charge >= 0.3 is 5.97 Å². The molecule has 1 fully saturated rings. The first-order valence-corrected chi connectivity index (χ1v) is 9.44. The minimum atomic E-state index is -0.501. The predicted octanol–water partition coefficient (Wildman–Crippen LogP) is 3.48. The molecule has 0 spiro atoms. The molecule has 0 aromatic carbocycles. The van der Waals surface area contributed by atoms with Crippen molar-refractivity contribution in [2.24, 2.45) is 0 Å². The van der Waals surface area contributed by atoms with Gasteiger partial charge in [0.15, 0.2) is 0 Å². The summed E-state index contributed by atoms with van der Waals surface area (Å²) in [5, 5.41) is 5.90. The molecule has 0 radical (unpaired) electrons. The number of rotatable bonds is 7. The molecule has 1 aliphatic rings. The maximum absolute atomic E-state index is 12.5. The Labute approximate surface area is 135 Å². The van der Waals surface area contributed by atoms with Crippen molar-refractivity contribution in [2.45, 2.75) is 61.1 Å². The van der Waals surface area contributed by atoms with Crippen molar-refractivity contribution in [2.75, 3.05) is 13.2 Å². The molecule has 2 unspecified atom stereocenters. The van der Waals surface area contributed by atoms with Crippen molar-refractivity contribution in [1.29, 1.82) is 0 Å². The van der Waals surface area contributed by atoms with Gasteiger partial charge in [-0.2, -0.15) is 0 Å². The van der Waals surface area contributed by atoms with Gasteiger partial charge in [0.25, 0.3) is 0 Å². The summed E-state index contributed by atoms with van der Waals surface area (Å²) in [6.07, 6.45) is 6.75. The molecule has 21 heavy (non-hydrogen) atoms. The summed E-state index contributed by atoms with van der Waals surface area (Å²) in [6.45, 7) is 5.29. The van der Waals surface area contributed by atoms with Crippen LogP contribution in [0.25, 0.3) is 0 Å². The van der Waals surface area contributed by atoms with Crippen LogP contribution in [0.4, 0.5) is 0 Å². The van der Waals surface area contributed by atoms with E-state index in [0.29, 0.717) is 11.9 Å². The molecule has 0 bridgehead atoms. The molecule has 6 heteroatoms. The fourth-order valence-electron chi connectivity index (χ4n) is 2.79. The number of ether oxygens (including phenoxy) is 1. The minimum absolute atomic E-state index is 0.0807. The van der Waals surface area contributed by atoms with Gasteiger partial charge in [-0.05, 0) is 45.6 Å². The molecule has 118 valence electrons. The molecule has 2 rings (SSSR count). The highest BCUT2D eigenvalue weighted by Gasteiger charge is 2.43. The lowest BCUT2D eigenvalue weighted by Crippen LogP contribution is -2.56. The van der Waals surface area contributed by atoms with Gasteiger partial charge in [0.05, 0.1) is 6.61 Å².